The van der Waals surface area contributed by atoms with E-state index in [1.165, 1.54) is 0 Å². The molecule has 0 radical (unpaired) electrons. The highest BCUT2D eigenvalue weighted by Crippen LogP contribution is 1.98. The van der Waals surface area contributed by atoms with Crippen molar-refractivity contribution in [3.63, 3.8) is 0 Å². The Labute approximate surface area is 51.4 Å². The molecule has 0 saturated heterocycles. The zero-order chi connectivity index (χ0) is 6.41. The second kappa shape index (κ2) is 4.85. The van der Waals surface area contributed by atoms with E-state index in [2.05, 4.69) is 13.5 Å². The van der Waals surface area contributed by atoms with Gasteiger partial charge in [-0.15, -0.1) is 6.58 Å². The Morgan fingerprint density at radius 2 is 2.38 bits per heavy atom. The van der Waals surface area contributed by atoms with Gasteiger partial charge in [0.05, 0.1) is 6.10 Å². The fraction of sp³-hybridized carbons (Fsp3) is 0.714. The highest BCUT2D eigenvalue weighted by molar-refractivity contribution is 4.67. The molecule has 0 amide bonds. The van der Waals surface area contributed by atoms with E-state index in [1.54, 1.807) is 7.11 Å². The first-order valence-electron chi connectivity index (χ1n) is 2.95. The van der Waals surface area contributed by atoms with Crippen molar-refractivity contribution in [2.45, 2.75) is 25.9 Å². The van der Waals surface area contributed by atoms with Crippen LogP contribution in [0.4, 0.5) is 0 Å². The Bertz CT molecular complexity index is 59.4. The molecule has 1 heteroatoms. The molecule has 8 heavy (non-hydrogen) atoms. The maximum atomic E-state index is 5.00. The van der Waals surface area contributed by atoms with Crippen LogP contribution >= 0.6 is 0 Å². The topological polar surface area (TPSA) is 9.23 Å². The largest absolute Gasteiger partial charge is 0.382 e. The van der Waals surface area contributed by atoms with Gasteiger partial charge in [0, 0.05) is 7.11 Å². The lowest BCUT2D eigenvalue weighted by Crippen LogP contribution is -2.02. The van der Waals surface area contributed by atoms with E-state index >= 15 is 0 Å². The summed E-state index contributed by atoms with van der Waals surface area (Å²) in [5, 5.41) is 0. The van der Waals surface area contributed by atoms with Crippen molar-refractivity contribution < 1.29 is 4.74 Å². The molecule has 0 fully saturated rings. The average Bonchev–Trinajstić information content (AvgIpc) is 1.83. The Balaban J connectivity index is 2.97. The number of methoxy groups -OCH3 is 1. The van der Waals surface area contributed by atoms with Crippen molar-refractivity contribution >= 4 is 0 Å². The van der Waals surface area contributed by atoms with Crippen molar-refractivity contribution in [1.82, 2.24) is 0 Å². The predicted molar refractivity (Wildman–Crippen MR) is 35.9 cm³/mol. The first-order chi connectivity index (χ1) is 3.81. The lowest BCUT2D eigenvalue weighted by molar-refractivity contribution is 0.112. The summed E-state index contributed by atoms with van der Waals surface area (Å²) in [5.74, 6) is 0. The van der Waals surface area contributed by atoms with Crippen LogP contribution in [0.5, 0.6) is 0 Å². The van der Waals surface area contributed by atoms with Crippen LogP contribution in [0.15, 0.2) is 12.7 Å². The number of ether oxygens (including phenoxy) is 1. The molecule has 0 spiro atoms. The predicted octanol–water partition coefficient (Wildman–Crippen LogP) is 1.99. The van der Waals surface area contributed by atoms with Gasteiger partial charge in [-0.3, -0.25) is 0 Å². The number of hydrogen-bond donors (Lipinski definition) is 0. The summed E-state index contributed by atoms with van der Waals surface area (Å²) in [6, 6.07) is 0. The Kier molecular flexibility index (Phi) is 4.67. The lowest BCUT2D eigenvalue weighted by atomic mass is 10.2. The zero-order valence-corrected chi connectivity index (χ0v) is 5.68. The lowest BCUT2D eigenvalue weighted by Gasteiger charge is -2.04. The SMILES string of the molecule is C=CCC[C@H](C)OC. The van der Waals surface area contributed by atoms with Gasteiger partial charge in [-0.05, 0) is 19.8 Å². The molecule has 0 heterocycles. The maximum absolute atomic E-state index is 5.00. The summed E-state index contributed by atoms with van der Waals surface area (Å²) in [6.45, 7) is 5.67. The molecule has 0 aromatic rings. The van der Waals surface area contributed by atoms with Gasteiger partial charge < -0.3 is 4.74 Å². The molecule has 0 bridgehead atoms. The Hall–Kier alpha value is -0.300. The molecule has 48 valence electrons. The summed E-state index contributed by atoms with van der Waals surface area (Å²) in [4.78, 5) is 0. The van der Waals surface area contributed by atoms with E-state index in [4.69, 9.17) is 4.74 Å². The first-order valence-corrected chi connectivity index (χ1v) is 2.95. The molecule has 0 aromatic heterocycles. The zero-order valence-electron chi connectivity index (χ0n) is 5.68. The number of hydrogen-bond acceptors (Lipinski definition) is 1. The molecule has 0 saturated carbocycles. The molecule has 1 nitrogen and oxygen atoms in total. The summed E-state index contributed by atoms with van der Waals surface area (Å²) >= 11 is 0. The summed E-state index contributed by atoms with van der Waals surface area (Å²) < 4.78 is 5.00. The van der Waals surface area contributed by atoms with Crippen LogP contribution in [0.25, 0.3) is 0 Å². The van der Waals surface area contributed by atoms with Crippen LogP contribution in [-0.4, -0.2) is 13.2 Å². The molecular formula is C7H14O. The Morgan fingerprint density at radius 1 is 1.75 bits per heavy atom. The van der Waals surface area contributed by atoms with Crippen molar-refractivity contribution in [1.29, 1.82) is 0 Å². The third-order valence-electron chi connectivity index (χ3n) is 1.18. The molecule has 0 aromatic carbocycles. The molecular weight excluding hydrogens is 100 g/mol. The molecule has 0 aliphatic carbocycles. The van der Waals surface area contributed by atoms with E-state index in [9.17, 15) is 0 Å². The summed E-state index contributed by atoms with van der Waals surface area (Å²) in [7, 11) is 1.73. The van der Waals surface area contributed by atoms with Gasteiger partial charge in [0.1, 0.15) is 0 Å². The van der Waals surface area contributed by atoms with Crippen molar-refractivity contribution in [3.8, 4) is 0 Å². The molecule has 0 aliphatic heterocycles. The van der Waals surface area contributed by atoms with Gasteiger partial charge in [-0.1, -0.05) is 6.08 Å². The van der Waals surface area contributed by atoms with E-state index in [0.717, 1.165) is 12.8 Å². The molecule has 0 rings (SSSR count). The van der Waals surface area contributed by atoms with Crippen LogP contribution in [-0.2, 0) is 4.74 Å². The Morgan fingerprint density at radius 3 is 2.75 bits per heavy atom. The smallest absolute Gasteiger partial charge is 0.0546 e. The van der Waals surface area contributed by atoms with Gasteiger partial charge in [-0.2, -0.15) is 0 Å². The minimum atomic E-state index is 0.382. The highest BCUT2D eigenvalue weighted by Gasteiger charge is 1.93. The van der Waals surface area contributed by atoms with E-state index < -0.39 is 0 Å². The minimum Gasteiger partial charge on any atom is -0.382 e. The van der Waals surface area contributed by atoms with Gasteiger partial charge >= 0.3 is 0 Å². The quantitative estimate of drug-likeness (QED) is 0.508. The third kappa shape index (κ3) is 3.88. The summed E-state index contributed by atoms with van der Waals surface area (Å²) in [5.41, 5.74) is 0. The molecule has 1 atom stereocenters. The van der Waals surface area contributed by atoms with Crippen molar-refractivity contribution in [2.75, 3.05) is 7.11 Å². The summed E-state index contributed by atoms with van der Waals surface area (Å²) in [6.07, 6.45) is 4.43. The molecule has 0 unspecified atom stereocenters. The van der Waals surface area contributed by atoms with Gasteiger partial charge in [0.15, 0.2) is 0 Å². The van der Waals surface area contributed by atoms with Gasteiger partial charge in [0.25, 0.3) is 0 Å². The normalized spacial score (nSPS) is 13.2. The molecule has 0 N–H and O–H groups in total. The monoisotopic (exact) mass is 114 g/mol. The van der Waals surface area contributed by atoms with Gasteiger partial charge in [0.2, 0.25) is 0 Å². The minimum absolute atomic E-state index is 0.382. The standard InChI is InChI=1S/C7H14O/c1-4-5-6-7(2)8-3/h4,7H,1,5-6H2,2-3H3/t7-/m0/s1. The molecule has 0 aliphatic rings. The average molecular weight is 114 g/mol. The van der Waals surface area contributed by atoms with Crippen LogP contribution in [0, 0.1) is 0 Å². The number of rotatable bonds is 4. The van der Waals surface area contributed by atoms with E-state index in [-0.39, 0.29) is 0 Å². The van der Waals surface area contributed by atoms with E-state index in [1.807, 2.05) is 6.08 Å². The second-order valence-corrected chi connectivity index (χ2v) is 1.91. The number of allylic oxidation sites excluding steroid dienone is 1. The van der Waals surface area contributed by atoms with Crippen molar-refractivity contribution in [3.05, 3.63) is 12.7 Å². The first kappa shape index (κ1) is 7.70. The van der Waals surface area contributed by atoms with Crippen LogP contribution in [0.1, 0.15) is 19.8 Å². The fourth-order valence-corrected chi connectivity index (χ4v) is 0.470. The van der Waals surface area contributed by atoms with Crippen molar-refractivity contribution in [2.24, 2.45) is 0 Å². The second-order valence-electron chi connectivity index (χ2n) is 1.91. The van der Waals surface area contributed by atoms with Crippen LogP contribution < -0.4 is 0 Å². The van der Waals surface area contributed by atoms with E-state index in [0.29, 0.717) is 6.10 Å². The van der Waals surface area contributed by atoms with Crippen LogP contribution in [0.2, 0.25) is 0 Å². The third-order valence-corrected chi connectivity index (χ3v) is 1.18. The highest BCUT2D eigenvalue weighted by atomic mass is 16.5. The fourth-order valence-electron chi connectivity index (χ4n) is 0.470. The van der Waals surface area contributed by atoms with Crippen LogP contribution in [0.3, 0.4) is 0 Å². The maximum Gasteiger partial charge on any atom is 0.0546 e. The van der Waals surface area contributed by atoms with Gasteiger partial charge in [-0.25, -0.2) is 0 Å².